The molecular formula is C18H20N2O2. The molecule has 0 saturated heterocycles. The highest BCUT2D eigenvalue weighted by Gasteiger charge is 2.23. The van der Waals surface area contributed by atoms with Crippen LogP contribution >= 0.6 is 0 Å². The Labute approximate surface area is 130 Å². The van der Waals surface area contributed by atoms with Crippen molar-refractivity contribution in [1.82, 2.24) is 0 Å². The molecule has 0 aromatic heterocycles. The summed E-state index contributed by atoms with van der Waals surface area (Å²) in [6.45, 7) is 0.755. The van der Waals surface area contributed by atoms with E-state index in [9.17, 15) is 4.79 Å². The lowest BCUT2D eigenvalue weighted by Crippen LogP contribution is -2.36. The number of anilines is 2. The molecule has 0 aliphatic carbocycles. The van der Waals surface area contributed by atoms with Gasteiger partial charge in [0.25, 0.3) is 0 Å². The van der Waals surface area contributed by atoms with Crippen molar-refractivity contribution in [2.75, 3.05) is 24.3 Å². The molecule has 0 fully saturated rings. The summed E-state index contributed by atoms with van der Waals surface area (Å²) in [4.78, 5) is 14.5. The Bertz CT molecular complexity index is 680. The molecule has 114 valence electrons. The average Bonchev–Trinajstić information content (AvgIpc) is 2.55. The van der Waals surface area contributed by atoms with Crippen LogP contribution in [0.2, 0.25) is 0 Å². The molecular weight excluding hydrogens is 276 g/mol. The first-order chi connectivity index (χ1) is 10.7. The van der Waals surface area contributed by atoms with Gasteiger partial charge in [-0.25, -0.2) is 0 Å². The second-order valence-corrected chi connectivity index (χ2v) is 5.52. The molecule has 1 heterocycles. The highest BCUT2D eigenvalue weighted by molar-refractivity contribution is 5.96. The molecule has 0 radical (unpaired) electrons. The van der Waals surface area contributed by atoms with Crippen LogP contribution in [0.1, 0.15) is 17.5 Å². The van der Waals surface area contributed by atoms with Crippen molar-refractivity contribution in [1.29, 1.82) is 0 Å². The van der Waals surface area contributed by atoms with E-state index in [4.69, 9.17) is 10.5 Å². The molecule has 0 bridgehead atoms. The van der Waals surface area contributed by atoms with Crippen LogP contribution in [0.25, 0.3) is 0 Å². The normalized spacial score (nSPS) is 13.6. The van der Waals surface area contributed by atoms with Gasteiger partial charge in [-0.2, -0.15) is 0 Å². The number of nitrogens with two attached hydrogens (primary N) is 1. The summed E-state index contributed by atoms with van der Waals surface area (Å²) in [5.74, 6) is 0.906. The molecule has 22 heavy (non-hydrogen) atoms. The molecule has 1 amide bonds. The first-order valence-corrected chi connectivity index (χ1v) is 7.49. The van der Waals surface area contributed by atoms with Crippen molar-refractivity contribution < 1.29 is 9.53 Å². The van der Waals surface area contributed by atoms with E-state index in [-0.39, 0.29) is 5.91 Å². The van der Waals surface area contributed by atoms with Gasteiger partial charge in [-0.3, -0.25) is 4.79 Å². The minimum Gasteiger partial charge on any atom is -0.497 e. The standard InChI is InChI=1S/C18H20N2O2/c1-22-14-9-7-13(8-10-14)12-18(21)20-11-3-4-15-16(19)5-2-6-17(15)20/h2,5-10H,3-4,11-12,19H2,1H3. The quantitative estimate of drug-likeness (QED) is 0.886. The lowest BCUT2D eigenvalue weighted by Gasteiger charge is -2.30. The maximum absolute atomic E-state index is 12.6. The van der Waals surface area contributed by atoms with E-state index in [1.807, 2.05) is 47.4 Å². The van der Waals surface area contributed by atoms with Crippen LogP contribution in [0.4, 0.5) is 11.4 Å². The van der Waals surface area contributed by atoms with Gasteiger partial charge >= 0.3 is 0 Å². The highest BCUT2D eigenvalue weighted by atomic mass is 16.5. The second-order valence-electron chi connectivity index (χ2n) is 5.52. The SMILES string of the molecule is COc1ccc(CC(=O)N2CCCc3c(N)cccc32)cc1. The van der Waals surface area contributed by atoms with Crippen molar-refractivity contribution in [3.8, 4) is 5.75 Å². The third-order valence-electron chi connectivity index (χ3n) is 4.10. The smallest absolute Gasteiger partial charge is 0.231 e. The topological polar surface area (TPSA) is 55.6 Å². The molecule has 2 N–H and O–H groups in total. The van der Waals surface area contributed by atoms with Crippen LogP contribution in [0.3, 0.4) is 0 Å². The Kier molecular flexibility index (Phi) is 4.00. The summed E-state index contributed by atoms with van der Waals surface area (Å²) in [6.07, 6.45) is 2.28. The zero-order chi connectivity index (χ0) is 15.5. The molecule has 3 rings (SSSR count). The van der Waals surface area contributed by atoms with Gasteiger partial charge in [0, 0.05) is 17.9 Å². The predicted octanol–water partition coefficient (Wildman–Crippen LogP) is 2.80. The number of benzene rings is 2. The highest BCUT2D eigenvalue weighted by Crippen LogP contribution is 2.31. The van der Waals surface area contributed by atoms with Crippen molar-refractivity contribution in [3.63, 3.8) is 0 Å². The van der Waals surface area contributed by atoms with E-state index in [1.165, 1.54) is 0 Å². The fraction of sp³-hybridized carbons (Fsp3) is 0.278. The second kappa shape index (κ2) is 6.10. The number of nitrogens with zero attached hydrogens (tertiary/aromatic N) is 1. The van der Waals surface area contributed by atoms with Gasteiger partial charge in [0.15, 0.2) is 0 Å². The summed E-state index contributed by atoms with van der Waals surface area (Å²) in [5, 5.41) is 0. The van der Waals surface area contributed by atoms with Crippen LogP contribution < -0.4 is 15.4 Å². The van der Waals surface area contributed by atoms with Gasteiger partial charge in [-0.1, -0.05) is 18.2 Å². The van der Waals surface area contributed by atoms with Crippen LogP contribution in [0.15, 0.2) is 42.5 Å². The molecule has 2 aromatic carbocycles. The molecule has 4 nitrogen and oxygen atoms in total. The lowest BCUT2D eigenvalue weighted by atomic mass is 9.99. The van der Waals surface area contributed by atoms with Crippen LogP contribution in [0.5, 0.6) is 5.75 Å². The number of rotatable bonds is 3. The number of hydrogen-bond acceptors (Lipinski definition) is 3. The lowest BCUT2D eigenvalue weighted by molar-refractivity contribution is -0.118. The zero-order valence-corrected chi connectivity index (χ0v) is 12.7. The maximum Gasteiger partial charge on any atom is 0.231 e. The van der Waals surface area contributed by atoms with Gasteiger partial charge in [0.1, 0.15) is 5.75 Å². The number of ether oxygens (including phenoxy) is 1. The fourth-order valence-electron chi connectivity index (χ4n) is 2.92. The summed E-state index contributed by atoms with van der Waals surface area (Å²) < 4.78 is 5.14. The summed E-state index contributed by atoms with van der Waals surface area (Å²) in [6, 6.07) is 13.4. The molecule has 0 atom stereocenters. The Morgan fingerprint density at radius 2 is 2.00 bits per heavy atom. The van der Waals surface area contributed by atoms with E-state index < -0.39 is 0 Å². The van der Waals surface area contributed by atoms with Crippen molar-refractivity contribution in [3.05, 3.63) is 53.6 Å². The van der Waals surface area contributed by atoms with Crippen LogP contribution in [-0.4, -0.2) is 19.6 Å². The largest absolute Gasteiger partial charge is 0.497 e. The molecule has 1 aliphatic rings. The third-order valence-corrected chi connectivity index (χ3v) is 4.10. The number of fused-ring (bicyclic) bond motifs is 1. The number of nitrogen functional groups attached to an aromatic ring is 1. The van der Waals surface area contributed by atoms with Crippen LogP contribution in [-0.2, 0) is 17.6 Å². The van der Waals surface area contributed by atoms with Gasteiger partial charge in [0.2, 0.25) is 5.91 Å². The minimum absolute atomic E-state index is 0.108. The van der Waals surface area contributed by atoms with E-state index in [0.717, 1.165) is 47.6 Å². The molecule has 2 aromatic rings. The van der Waals surface area contributed by atoms with E-state index in [1.54, 1.807) is 7.11 Å². The van der Waals surface area contributed by atoms with Gasteiger partial charge in [0.05, 0.1) is 13.5 Å². The summed E-state index contributed by atoms with van der Waals surface area (Å²) in [5.41, 5.74) is 9.86. The Morgan fingerprint density at radius 1 is 1.23 bits per heavy atom. The van der Waals surface area contributed by atoms with Crippen molar-refractivity contribution in [2.45, 2.75) is 19.3 Å². The minimum atomic E-state index is 0.108. The van der Waals surface area contributed by atoms with E-state index in [0.29, 0.717) is 6.42 Å². The van der Waals surface area contributed by atoms with Crippen molar-refractivity contribution in [2.24, 2.45) is 0 Å². The molecule has 1 aliphatic heterocycles. The van der Waals surface area contributed by atoms with Crippen molar-refractivity contribution >= 4 is 17.3 Å². The average molecular weight is 296 g/mol. The van der Waals surface area contributed by atoms with E-state index >= 15 is 0 Å². The first kappa shape index (κ1) is 14.4. The molecule has 4 heteroatoms. The molecule has 0 saturated carbocycles. The zero-order valence-electron chi connectivity index (χ0n) is 12.7. The predicted molar refractivity (Wildman–Crippen MR) is 88.2 cm³/mol. The third kappa shape index (κ3) is 2.77. The number of amides is 1. The Hall–Kier alpha value is -2.49. The summed E-state index contributed by atoms with van der Waals surface area (Å²) in [7, 11) is 1.63. The Morgan fingerprint density at radius 3 is 2.73 bits per heavy atom. The van der Waals surface area contributed by atoms with Gasteiger partial charge in [-0.15, -0.1) is 0 Å². The van der Waals surface area contributed by atoms with Crippen LogP contribution in [0, 0.1) is 0 Å². The van der Waals surface area contributed by atoms with Gasteiger partial charge in [-0.05, 0) is 48.2 Å². The number of hydrogen-bond donors (Lipinski definition) is 1. The first-order valence-electron chi connectivity index (χ1n) is 7.49. The van der Waals surface area contributed by atoms with E-state index in [2.05, 4.69) is 0 Å². The molecule has 0 spiro atoms. The maximum atomic E-state index is 12.6. The fourth-order valence-corrected chi connectivity index (χ4v) is 2.92. The summed E-state index contributed by atoms with van der Waals surface area (Å²) >= 11 is 0. The number of methoxy groups -OCH3 is 1. The number of carbonyl (C=O) groups is 1. The molecule has 0 unspecified atom stereocenters. The monoisotopic (exact) mass is 296 g/mol. The Balaban J connectivity index is 1.80. The number of carbonyl (C=O) groups excluding carboxylic acids is 1. The van der Waals surface area contributed by atoms with Gasteiger partial charge < -0.3 is 15.4 Å².